The number of rotatable bonds is 6. The summed E-state index contributed by atoms with van der Waals surface area (Å²) >= 11 is 0. The molecule has 1 aromatic carbocycles. The van der Waals surface area contributed by atoms with E-state index in [-0.39, 0.29) is 5.56 Å². The maximum Gasteiger partial charge on any atom is 0.329 e. The largest absolute Gasteiger partial charge is 0.497 e. The third kappa shape index (κ3) is 3.72. The molecule has 0 unspecified atom stereocenters. The number of ether oxygens (including phenoxy) is 1. The Morgan fingerprint density at radius 3 is 2.43 bits per heavy atom. The first kappa shape index (κ1) is 20.2. The smallest absolute Gasteiger partial charge is 0.329 e. The first-order valence-electron chi connectivity index (χ1n) is 10.3. The maximum atomic E-state index is 12.4. The van der Waals surface area contributed by atoms with E-state index < -0.39 is 5.69 Å². The lowest BCUT2D eigenvalue weighted by Crippen LogP contribution is -2.46. The van der Waals surface area contributed by atoms with Crippen molar-refractivity contribution < 1.29 is 4.74 Å². The van der Waals surface area contributed by atoms with E-state index >= 15 is 0 Å². The van der Waals surface area contributed by atoms with Crippen molar-refractivity contribution in [3.05, 3.63) is 50.9 Å². The number of fused-ring (bicyclic) bond motifs is 1. The van der Waals surface area contributed by atoms with Crippen LogP contribution in [0, 0.1) is 0 Å². The van der Waals surface area contributed by atoms with Gasteiger partial charge in [0.2, 0.25) is 0 Å². The van der Waals surface area contributed by atoms with Crippen LogP contribution in [0.5, 0.6) is 5.75 Å². The Hall–Kier alpha value is -3.07. The zero-order chi connectivity index (χ0) is 21.3. The first-order chi connectivity index (χ1) is 14.5. The quantitative estimate of drug-likeness (QED) is 0.654. The number of hydrogen-bond acceptors (Lipinski definition) is 6. The van der Waals surface area contributed by atoms with Crippen molar-refractivity contribution in [2.75, 3.05) is 38.2 Å². The second kappa shape index (κ2) is 8.35. The fourth-order valence-electron chi connectivity index (χ4n) is 4.02. The number of methoxy groups -OCH3 is 1. The molecule has 0 amide bonds. The van der Waals surface area contributed by atoms with Crippen LogP contribution >= 0.6 is 0 Å². The molecule has 3 heterocycles. The zero-order valence-electron chi connectivity index (χ0n) is 17.7. The molecule has 0 spiro atoms. The zero-order valence-corrected chi connectivity index (χ0v) is 17.7. The Labute approximate surface area is 174 Å². The Morgan fingerprint density at radius 2 is 1.80 bits per heavy atom. The summed E-state index contributed by atoms with van der Waals surface area (Å²) in [6, 6.07) is 8.14. The van der Waals surface area contributed by atoms with E-state index in [9.17, 15) is 9.59 Å². The molecule has 0 aliphatic carbocycles. The summed E-state index contributed by atoms with van der Waals surface area (Å²) in [7, 11) is 3.31. The summed E-state index contributed by atoms with van der Waals surface area (Å²) in [4.78, 5) is 36.2. The molecule has 9 heteroatoms. The van der Waals surface area contributed by atoms with E-state index in [1.165, 1.54) is 10.3 Å². The topological polar surface area (TPSA) is 88.4 Å². The second-order valence-electron chi connectivity index (χ2n) is 7.63. The molecule has 0 bridgehead atoms. The number of aryl methyl sites for hydroxylation is 2. The van der Waals surface area contributed by atoms with Crippen molar-refractivity contribution in [1.82, 2.24) is 24.0 Å². The third-order valence-electron chi connectivity index (χ3n) is 5.71. The van der Waals surface area contributed by atoms with Gasteiger partial charge in [-0.2, -0.15) is 0 Å². The van der Waals surface area contributed by atoms with Gasteiger partial charge in [-0.25, -0.2) is 9.78 Å². The molecular formula is C21H28N6O3. The molecule has 0 saturated carbocycles. The molecule has 160 valence electrons. The number of aromatic nitrogens is 4. The van der Waals surface area contributed by atoms with Crippen LogP contribution in [0.2, 0.25) is 0 Å². The average molecular weight is 412 g/mol. The summed E-state index contributed by atoms with van der Waals surface area (Å²) in [5.74, 6) is 1.69. The van der Waals surface area contributed by atoms with Gasteiger partial charge in [0, 0.05) is 45.5 Å². The highest BCUT2D eigenvalue weighted by atomic mass is 16.5. The van der Waals surface area contributed by atoms with Gasteiger partial charge in [-0.05, 0) is 30.7 Å². The summed E-state index contributed by atoms with van der Waals surface area (Å²) in [6.45, 7) is 7.04. The second-order valence-corrected chi connectivity index (χ2v) is 7.63. The molecule has 1 fully saturated rings. The van der Waals surface area contributed by atoms with Gasteiger partial charge in [-0.1, -0.05) is 6.92 Å². The number of imidazole rings is 1. The normalized spacial score (nSPS) is 15.1. The minimum atomic E-state index is -0.437. The van der Waals surface area contributed by atoms with Gasteiger partial charge >= 0.3 is 5.69 Å². The van der Waals surface area contributed by atoms with Crippen molar-refractivity contribution in [3.63, 3.8) is 0 Å². The molecular weight excluding hydrogens is 384 g/mol. The number of anilines is 1. The van der Waals surface area contributed by atoms with Gasteiger partial charge in [-0.3, -0.25) is 19.2 Å². The number of benzene rings is 1. The van der Waals surface area contributed by atoms with Crippen LogP contribution in [0.1, 0.15) is 19.2 Å². The van der Waals surface area contributed by atoms with E-state index in [2.05, 4.69) is 38.8 Å². The summed E-state index contributed by atoms with van der Waals surface area (Å²) < 4.78 is 8.61. The number of piperazine rings is 1. The van der Waals surface area contributed by atoms with Crippen molar-refractivity contribution in [1.29, 1.82) is 0 Å². The SMILES string of the molecule is CCCn1c(CN2CCN(c3ccc(OC)cc3)CC2)nc2c1c(=O)[nH]c(=O)n2C. The number of H-pyrrole nitrogens is 1. The minimum absolute atomic E-state index is 0.371. The molecule has 1 N–H and O–H groups in total. The van der Waals surface area contributed by atoms with Gasteiger partial charge in [0.05, 0.1) is 13.7 Å². The molecule has 4 rings (SSSR count). The van der Waals surface area contributed by atoms with E-state index in [0.29, 0.717) is 24.3 Å². The Kier molecular flexibility index (Phi) is 5.63. The molecule has 1 aliphatic rings. The van der Waals surface area contributed by atoms with Crippen LogP contribution in [0.15, 0.2) is 33.9 Å². The fourth-order valence-corrected chi connectivity index (χ4v) is 4.02. The van der Waals surface area contributed by atoms with E-state index in [0.717, 1.165) is 44.2 Å². The monoisotopic (exact) mass is 412 g/mol. The molecule has 0 radical (unpaired) electrons. The highest BCUT2D eigenvalue weighted by Crippen LogP contribution is 2.21. The molecule has 1 saturated heterocycles. The van der Waals surface area contributed by atoms with Crippen LogP contribution in [-0.4, -0.2) is 57.3 Å². The molecule has 0 atom stereocenters. The van der Waals surface area contributed by atoms with Gasteiger partial charge in [-0.15, -0.1) is 0 Å². The van der Waals surface area contributed by atoms with E-state index in [4.69, 9.17) is 4.74 Å². The summed E-state index contributed by atoms with van der Waals surface area (Å²) in [5, 5.41) is 0. The van der Waals surface area contributed by atoms with E-state index in [1.807, 2.05) is 16.7 Å². The Morgan fingerprint density at radius 1 is 1.10 bits per heavy atom. The van der Waals surface area contributed by atoms with Crippen LogP contribution in [0.25, 0.3) is 11.2 Å². The Balaban J connectivity index is 1.53. The van der Waals surface area contributed by atoms with Gasteiger partial charge in [0.25, 0.3) is 5.56 Å². The third-order valence-corrected chi connectivity index (χ3v) is 5.71. The molecule has 2 aromatic heterocycles. The Bertz CT molecular complexity index is 1140. The highest BCUT2D eigenvalue weighted by Gasteiger charge is 2.22. The maximum absolute atomic E-state index is 12.4. The number of aromatic amines is 1. The first-order valence-corrected chi connectivity index (χ1v) is 10.3. The fraction of sp³-hybridized carbons (Fsp3) is 0.476. The van der Waals surface area contributed by atoms with E-state index in [1.54, 1.807) is 14.2 Å². The molecule has 9 nitrogen and oxygen atoms in total. The van der Waals surface area contributed by atoms with Crippen molar-refractivity contribution in [3.8, 4) is 5.75 Å². The predicted molar refractivity (Wildman–Crippen MR) is 116 cm³/mol. The van der Waals surface area contributed by atoms with Gasteiger partial charge in [0.15, 0.2) is 11.2 Å². The van der Waals surface area contributed by atoms with Crippen LogP contribution in [0.3, 0.4) is 0 Å². The standard InChI is InChI=1S/C21H28N6O3/c1-4-9-27-17(22-19-18(27)20(28)23-21(29)24(19)2)14-25-10-12-26(13-11-25)15-5-7-16(30-3)8-6-15/h5-8H,4,9-14H2,1-3H3,(H,23,28,29). The molecule has 1 aliphatic heterocycles. The van der Waals surface area contributed by atoms with Crippen molar-refractivity contribution >= 4 is 16.9 Å². The molecule has 3 aromatic rings. The van der Waals surface area contributed by atoms with Gasteiger partial charge < -0.3 is 14.2 Å². The van der Waals surface area contributed by atoms with Crippen LogP contribution in [0.4, 0.5) is 5.69 Å². The van der Waals surface area contributed by atoms with Gasteiger partial charge in [0.1, 0.15) is 11.6 Å². The lowest BCUT2D eigenvalue weighted by molar-refractivity contribution is 0.241. The molecule has 30 heavy (non-hydrogen) atoms. The lowest BCUT2D eigenvalue weighted by Gasteiger charge is -2.36. The van der Waals surface area contributed by atoms with Crippen LogP contribution in [-0.2, 0) is 20.1 Å². The number of nitrogens with one attached hydrogen (secondary N) is 1. The number of nitrogens with zero attached hydrogens (tertiary/aromatic N) is 5. The van der Waals surface area contributed by atoms with Crippen molar-refractivity contribution in [2.24, 2.45) is 7.05 Å². The predicted octanol–water partition coefficient (Wildman–Crippen LogP) is 1.16. The minimum Gasteiger partial charge on any atom is -0.497 e. The summed E-state index contributed by atoms with van der Waals surface area (Å²) in [5.41, 5.74) is 1.31. The average Bonchev–Trinajstić information content (AvgIpc) is 3.12. The summed E-state index contributed by atoms with van der Waals surface area (Å²) in [6.07, 6.45) is 0.881. The highest BCUT2D eigenvalue weighted by molar-refractivity contribution is 5.70. The number of hydrogen-bond donors (Lipinski definition) is 1. The van der Waals surface area contributed by atoms with Crippen LogP contribution < -0.4 is 20.9 Å². The van der Waals surface area contributed by atoms with Crippen molar-refractivity contribution in [2.45, 2.75) is 26.4 Å². The lowest BCUT2D eigenvalue weighted by atomic mass is 10.2.